The van der Waals surface area contributed by atoms with E-state index in [0.717, 1.165) is 27.6 Å². The lowest BCUT2D eigenvalue weighted by atomic mass is 9.82. The number of amides is 2. The smallest absolute Gasteiger partial charge is 0.297 e. The maximum atomic E-state index is 15.8. The molecule has 1 saturated heterocycles. The van der Waals surface area contributed by atoms with Gasteiger partial charge < -0.3 is 33.9 Å². The lowest BCUT2D eigenvalue weighted by Gasteiger charge is -2.39. The molecule has 5 atom stereocenters. The molecule has 1 fully saturated rings. The highest BCUT2D eigenvalue weighted by Gasteiger charge is 2.66. The summed E-state index contributed by atoms with van der Waals surface area (Å²) < 4.78 is 26.6. The minimum atomic E-state index is -2.68. The third kappa shape index (κ3) is 7.42. The molecule has 3 aliphatic rings. The van der Waals surface area contributed by atoms with E-state index in [9.17, 15) is 19.5 Å². The van der Waals surface area contributed by atoms with Crippen molar-refractivity contribution in [3.05, 3.63) is 171 Å². The van der Waals surface area contributed by atoms with Crippen molar-refractivity contribution in [2.45, 2.75) is 69.2 Å². The van der Waals surface area contributed by atoms with E-state index in [1.807, 2.05) is 78.9 Å². The molecule has 2 aromatic heterocycles. The number of carbonyl (C=O) groups is 2. The monoisotopic (exact) mass is 906 g/mol. The Balaban J connectivity index is 1.16. The molecular weight excluding hydrogens is 853 g/mol. The van der Waals surface area contributed by atoms with Crippen LogP contribution in [0.1, 0.15) is 35.6 Å². The van der Waals surface area contributed by atoms with Gasteiger partial charge in [0, 0.05) is 41.8 Å². The highest BCUT2D eigenvalue weighted by Crippen LogP contribution is 2.60. The number of nitrogens with zero attached hydrogens (tertiary/aromatic N) is 4. The summed E-state index contributed by atoms with van der Waals surface area (Å²) in [5, 5.41) is 11.7. The average molecular weight is 907 g/mol. The molecule has 0 saturated carbocycles. The van der Waals surface area contributed by atoms with Gasteiger partial charge in [-0.1, -0.05) is 73.7 Å². The first-order valence-electron chi connectivity index (χ1n) is 22.2. The number of benzene rings is 4. The van der Waals surface area contributed by atoms with Crippen molar-refractivity contribution < 1.29 is 33.6 Å². The summed E-state index contributed by atoms with van der Waals surface area (Å²) in [5.74, 6) is 0.235. The van der Waals surface area contributed by atoms with E-state index in [0.29, 0.717) is 35.6 Å². The van der Waals surface area contributed by atoms with Crippen LogP contribution in [0.4, 0.5) is 5.69 Å². The van der Waals surface area contributed by atoms with Gasteiger partial charge >= 0.3 is 0 Å². The van der Waals surface area contributed by atoms with E-state index in [4.69, 9.17) is 18.9 Å². The molecule has 340 valence electrons. The van der Waals surface area contributed by atoms with Crippen LogP contribution in [0, 0.1) is 5.92 Å². The van der Waals surface area contributed by atoms with Crippen LogP contribution in [0.5, 0.6) is 17.2 Å². The van der Waals surface area contributed by atoms with Crippen LogP contribution >= 0.6 is 0 Å². The fraction of sp³-hybridized carbons (Fsp3) is 0.308. The van der Waals surface area contributed by atoms with Gasteiger partial charge in [0.1, 0.15) is 5.75 Å². The molecule has 2 amide bonds. The van der Waals surface area contributed by atoms with Crippen molar-refractivity contribution in [3.63, 3.8) is 0 Å². The number of carbonyl (C=O) groups excluding carboxylic acids is 2. The van der Waals surface area contributed by atoms with Crippen LogP contribution in [0.2, 0.25) is 18.6 Å². The van der Waals surface area contributed by atoms with Gasteiger partial charge in [0.15, 0.2) is 17.1 Å². The van der Waals surface area contributed by atoms with E-state index >= 15 is 4.79 Å². The van der Waals surface area contributed by atoms with Gasteiger partial charge in [0.05, 0.1) is 66.8 Å². The predicted octanol–water partition coefficient (Wildman–Crippen LogP) is 6.11. The minimum absolute atomic E-state index is 0.00917. The van der Waals surface area contributed by atoms with Gasteiger partial charge in [0.2, 0.25) is 5.91 Å². The summed E-state index contributed by atoms with van der Waals surface area (Å²) in [7, 11) is 1.86. The topological polar surface area (TPSA) is 142 Å². The number of pyridine rings is 2. The van der Waals surface area contributed by atoms with Gasteiger partial charge in [0.25, 0.3) is 17.0 Å². The lowest BCUT2D eigenvalue weighted by molar-refractivity contribution is -0.151. The van der Waals surface area contributed by atoms with Crippen LogP contribution in [0.25, 0.3) is 11.4 Å². The Kier molecular flexibility index (Phi) is 11.8. The van der Waals surface area contributed by atoms with E-state index in [-0.39, 0.29) is 59.5 Å². The van der Waals surface area contributed by atoms with Crippen LogP contribution in [-0.2, 0) is 39.4 Å². The summed E-state index contributed by atoms with van der Waals surface area (Å²) in [5.41, 5.74) is 2.87. The molecule has 1 spiro atoms. The minimum Gasteiger partial charge on any atom is -0.497 e. The number of ether oxygens (including phenoxy) is 4. The molecule has 0 aliphatic carbocycles. The van der Waals surface area contributed by atoms with E-state index in [1.54, 1.807) is 53.6 Å². The second kappa shape index (κ2) is 17.6. The third-order valence-corrected chi connectivity index (χ3v) is 18.5. The van der Waals surface area contributed by atoms with E-state index in [2.05, 4.69) is 32.2 Å². The van der Waals surface area contributed by atoms with Crippen LogP contribution < -0.4 is 35.4 Å². The van der Waals surface area contributed by atoms with Gasteiger partial charge in [-0.25, -0.2) is 0 Å². The maximum Gasteiger partial charge on any atom is 0.297 e. The lowest BCUT2D eigenvalue weighted by Crippen LogP contribution is -2.52. The SMILES string of the molecule is COc1ccc([Si](C)(C)[C@H]2[C@H](CC(=O)N3Cc4ccccc4C[C@H]3CO)O[C@@]3(C(=O)N(Cc4ccc(-n5cccc(OC)c5=O)cc4)c4ccc(-n5cccc(OC)c5=O)cc43)[C@@H]2C)cc1. The number of fused-ring (bicyclic) bond motifs is 3. The first-order valence-corrected chi connectivity index (χ1v) is 25.3. The van der Waals surface area contributed by atoms with Crippen molar-refractivity contribution in [2.24, 2.45) is 5.92 Å². The van der Waals surface area contributed by atoms with Gasteiger partial charge in [-0.2, -0.15) is 0 Å². The summed E-state index contributed by atoms with van der Waals surface area (Å²) in [6, 6.07) is 35.4. The largest absolute Gasteiger partial charge is 0.497 e. The highest BCUT2D eigenvalue weighted by atomic mass is 28.3. The molecule has 66 heavy (non-hydrogen) atoms. The molecule has 14 heteroatoms. The molecule has 6 aromatic rings. The molecule has 9 rings (SSSR count). The fourth-order valence-corrected chi connectivity index (χ4v) is 14.8. The third-order valence-electron chi connectivity index (χ3n) is 14.2. The van der Waals surface area contributed by atoms with Crippen LogP contribution in [-0.4, -0.2) is 79.1 Å². The van der Waals surface area contributed by atoms with Gasteiger partial charge in [-0.15, -0.1) is 0 Å². The Morgan fingerprint density at radius 3 is 2.02 bits per heavy atom. The molecule has 3 aliphatic heterocycles. The second-order valence-corrected chi connectivity index (χ2v) is 22.6. The second-order valence-electron chi connectivity index (χ2n) is 18.0. The molecule has 0 radical (unpaired) electrons. The summed E-state index contributed by atoms with van der Waals surface area (Å²) in [4.78, 5) is 61.0. The Morgan fingerprint density at radius 2 is 1.39 bits per heavy atom. The number of aliphatic hydroxyl groups excluding tert-OH is 1. The fourth-order valence-electron chi connectivity index (χ4n) is 10.8. The van der Waals surface area contributed by atoms with Crippen molar-refractivity contribution >= 4 is 30.8 Å². The maximum absolute atomic E-state index is 15.8. The normalized spacial score (nSPS) is 21.2. The molecule has 4 aromatic carbocycles. The Bertz CT molecular complexity index is 2930. The molecule has 0 unspecified atom stereocenters. The molecule has 13 nitrogen and oxygen atoms in total. The predicted molar refractivity (Wildman–Crippen MR) is 254 cm³/mol. The zero-order chi connectivity index (χ0) is 46.5. The highest BCUT2D eigenvalue weighted by molar-refractivity contribution is 6.91. The number of hydrogen-bond donors (Lipinski definition) is 1. The van der Waals surface area contributed by atoms with Crippen molar-refractivity contribution in [3.8, 4) is 28.6 Å². The van der Waals surface area contributed by atoms with Gasteiger partial charge in [-0.3, -0.25) is 28.3 Å². The summed E-state index contributed by atoms with van der Waals surface area (Å²) >= 11 is 0. The van der Waals surface area contributed by atoms with Crippen molar-refractivity contribution in [1.29, 1.82) is 0 Å². The van der Waals surface area contributed by atoms with Crippen LogP contribution in [0.3, 0.4) is 0 Å². The number of aromatic nitrogens is 2. The van der Waals surface area contributed by atoms with Gasteiger partial charge in [-0.05, 0) is 95.4 Å². The Morgan fingerprint density at radius 1 is 0.773 bits per heavy atom. The molecule has 0 bridgehead atoms. The average Bonchev–Trinajstić information content (AvgIpc) is 3.76. The summed E-state index contributed by atoms with van der Waals surface area (Å²) in [6.45, 7) is 6.95. The Labute approximate surface area is 384 Å². The zero-order valence-corrected chi connectivity index (χ0v) is 39.0. The number of anilines is 1. The quantitative estimate of drug-likeness (QED) is 0.144. The van der Waals surface area contributed by atoms with E-state index < -0.39 is 31.7 Å². The molecular formula is C52H54N4O9Si. The first kappa shape index (κ1) is 44.5. The van der Waals surface area contributed by atoms with Crippen molar-refractivity contribution in [2.75, 3.05) is 32.8 Å². The summed E-state index contributed by atoms with van der Waals surface area (Å²) in [6.07, 6.45) is 3.17. The number of aliphatic hydroxyl groups is 1. The first-order chi connectivity index (χ1) is 31.8. The zero-order valence-electron chi connectivity index (χ0n) is 38.0. The number of rotatable bonds is 12. The number of hydrogen-bond acceptors (Lipinski definition) is 9. The van der Waals surface area contributed by atoms with E-state index in [1.165, 1.54) is 23.4 Å². The number of methoxy groups -OCH3 is 3. The molecule has 5 heterocycles. The Hall–Kier alpha value is -6.74. The van der Waals surface area contributed by atoms with Crippen molar-refractivity contribution in [1.82, 2.24) is 14.0 Å². The molecule has 1 N–H and O–H groups in total. The van der Waals surface area contributed by atoms with Crippen LogP contribution in [0.15, 0.2) is 137 Å². The standard InChI is InChI=1S/C52H54N4O9Si/c1-33-48(66(5,6)41-22-20-40(62-2)21-23-41)46(29-47(58)55-31-36-12-8-7-11-35(36)27-39(55)32-57)65-52(33)42-28-38(54-26-10-14-45(64-4)50(54)60)19-24-43(42)56(51(52)61)30-34-15-17-37(18-16-34)53-25-9-13-44(63-3)49(53)59/h7-26,28,33,39,46,48,57H,27,29-32H2,1-6H3/t33-,39+,46+,48-,52+/m1/s1.